The Morgan fingerprint density at radius 2 is 2.20 bits per heavy atom. The van der Waals surface area contributed by atoms with Crippen molar-refractivity contribution >= 4 is 21.7 Å². The quantitative estimate of drug-likeness (QED) is 0.792. The van der Waals surface area contributed by atoms with Gasteiger partial charge in [0.25, 0.3) is 0 Å². The summed E-state index contributed by atoms with van der Waals surface area (Å²) in [7, 11) is 1.58. The number of hydrogen-bond acceptors (Lipinski definition) is 3. The van der Waals surface area contributed by atoms with Gasteiger partial charge in [-0.3, -0.25) is 4.79 Å². The Balaban J connectivity index is 2.31. The number of aryl methyl sites for hydroxylation is 1. The lowest BCUT2D eigenvalue weighted by Crippen LogP contribution is -2.00. The summed E-state index contributed by atoms with van der Waals surface area (Å²) in [6, 6.07) is 3.71. The van der Waals surface area contributed by atoms with E-state index in [9.17, 15) is 4.79 Å². The van der Waals surface area contributed by atoms with Crippen molar-refractivity contribution in [1.82, 2.24) is 0 Å². The first-order chi connectivity index (χ1) is 7.22. The molecule has 0 radical (unpaired) electrons. The van der Waals surface area contributed by atoms with Crippen LogP contribution in [0, 0.1) is 0 Å². The van der Waals surface area contributed by atoms with E-state index < -0.39 is 0 Å². The minimum absolute atomic E-state index is 0.204. The van der Waals surface area contributed by atoms with Crippen molar-refractivity contribution in [3.8, 4) is 5.75 Å². The topological polar surface area (TPSA) is 35.5 Å². The number of ketones is 1. The standard InChI is InChI=1S/C11H11BrO3/c1-14-6-15-8-4-7-2-3-10(13)11(7)9(12)5-8/h4-5H,2-3,6H2,1H3. The highest BCUT2D eigenvalue weighted by Crippen LogP contribution is 2.33. The maximum Gasteiger partial charge on any atom is 0.188 e. The van der Waals surface area contributed by atoms with E-state index in [4.69, 9.17) is 9.47 Å². The summed E-state index contributed by atoms with van der Waals surface area (Å²) in [6.45, 7) is 0.221. The first-order valence-corrected chi connectivity index (χ1v) is 5.49. The maximum absolute atomic E-state index is 11.5. The lowest BCUT2D eigenvalue weighted by atomic mass is 10.1. The number of Topliss-reactive ketones (excluding diaryl/α,β-unsaturated/α-hetero) is 1. The molecule has 0 saturated heterocycles. The Hall–Kier alpha value is -0.870. The lowest BCUT2D eigenvalue weighted by Gasteiger charge is -2.08. The average Bonchev–Trinajstić information content (AvgIpc) is 2.58. The van der Waals surface area contributed by atoms with Gasteiger partial charge in [0.2, 0.25) is 0 Å². The Labute approximate surface area is 96.5 Å². The van der Waals surface area contributed by atoms with Crippen LogP contribution in [-0.2, 0) is 11.2 Å². The van der Waals surface area contributed by atoms with Crippen LogP contribution in [0.2, 0.25) is 0 Å². The van der Waals surface area contributed by atoms with Crippen LogP contribution in [0.4, 0.5) is 0 Å². The number of fused-ring (bicyclic) bond motifs is 1. The van der Waals surface area contributed by atoms with E-state index in [1.165, 1.54) is 0 Å². The fourth-order valence-electron chi connectivity index (χ4n) is 1.73. The predicted octanol–water partition coefficient (Wildman–Crippen LogP) is 2.56. The Kier molecular flexibility index (Phi) is 3.07. The normalized spacial score (nSPS) is 14.1. The molecular weight excluding hydrogens is 260 g/mol. The number of halogens is 1. The maximum atomic E-state index is 11.5. The molecule has 1 aliphatic carbocycles. The van der Waals surface area contributed by atoms with Gasteiger partial charge in [0.1, 0.15) is 5.75 Å². The third-order valence-electron chi connectivity index (χ3n) is 2.39. The van der Waals surface area contributed by atoms with Crippen molar-refractivity contribution < 1.29 is 14.3 Å². The third-order valence-corrected chi connectivity index (χ3v) is 3.01. The number of carbonyl (C=O) groups excluding carboxylic acids is 1. The Morgan fingerprint density at radius 3 is 2.93 bits per heavy atom. The largest absolute Gasteiger partial charge is 0.468 e. The lowest BCUT2D eigenvalue weighted by molar-refractivity contribution is 0.0510. The second-order valence-electron chi connectivity index (χ2n) is 3.41. The van der Waals surface area contributed by atoms with E-state index in [-0.39, 0.29) is 12.6 Å². The number of methoxy groups -OCH3 is 1. The van der Waals surface area contributed by atoms with Crippen LogP contribution >= 0.6 is 15.9 Å². The van der Waals surface area contributed by atoms with Gasteiger partial charge in [0, 0.05) is 23.6 Å². The van der Waals surface area contributed by atoms with Crippen LogP contribution in [0.1, 0.15) is 22.3 Å². The molecule has 0 aliphatic heterocycles. The van der Waals surface area contributed by atoms with Gasteiger partial charge in [0.15, 0.2) is 12.6 Å². The second-order valence-corrected chi connectivity index (χ2v) is 4.27. The SMILES string of the molecule is COCOc1cc(Br)c2c(c1)CCC2=O. The van der Waals surface area contributed by atoms with Crippen molar-refractivity contribution in [1.29, 1.82) is 0 Å². The summed E-state index contributed by atoms with van der Waals surface area (Å²) in [5, 5.41) is 0. The zero-order valence-electron chi connectivity index (χ0n) is 8.38. The van der Waals surface area contributed by atoms with Gasteiger partial charge in [-0.05, 0) is 40.0 Å². The van der Waals surface area contributed by atoms with Gasteiger partial charge < -0.3 is 9.47 Å². The van der Waals surface area contributed by atoms with Gasteiger partial charge in [-0.15, -0.1) is 0 Å². The van der Waals surface area contributed by atoms with Crippen molar-refractivity contribution in [2.45, 2.75) is 12.8 Å². The fourth-order valence-corrected chi connectivity index (χ4v) is 2.43. The van der Waals surface area contributed by atoms with Crippen molar-refractivity contribution in [3.63, 3.8) is 0 Å². The number of carbonyl (C=O) groups is 1. The van der Waals surface area contributed by atoms with Gasteiger partial charge in [-0.25, -0.2) is 0 Å². The van der Waals surface area contributed by atoms with Crippen molar-refractivity contribution in [3.05, 3.63) is 27.7 Å². The molecule has 0 atom stereocenters. The zero-order valence-corrected chi connectivity index (χ0v) is 9.96. The molecule has 0 spiro atoms. The van der Waals surface area contributed by atoms with Crippen LogP contribution in [0.25, 0.3) is 0 Å². The third kappa shape index (κ3) is 2.06. The number of hydrogen-bond donors (Lipinski definition) is 0. The molecule has 80 valence electrons. The number of rotatable bonds is 3. The molecule has 0 N–H and O–H groups in total. The Morgan fingerprint density at radius 1 is 1.40 bits per heavy atom. The first-order valence-electron chi connectivity index (χ1n) is 4.69. The molecule has 3 nitrogen and oxygen atoms in total. The van der Waals surface area contributed by atoms with E-state index in [2.05, 4.69) is 15.9 Å². The smallest absolute Gasteiger partial charge is 0.188 e. The highest BCUT2D eigenvalue weighted by molar-refractivity contribution is 9.10. The van der Waals surface area contributed by atoms with E-state index in [0.29, 0.717) is 6.42 Å². The van der Waals surface area contributed by atoms with E-state index in [1.807, 2.05) is 6.07 Å². The van der Waals surface area contributed by atoms with Crippen LogP contribution in [0.3, 0.4) is 0 Å². The first kappa shape index (κ1) is 10.6. The molecule has 0 amide bonds. The summed E-state index contributed by atoms with van der Waals surface area (Å²) in [5.74, 6) is 0.937. The van der Waals surface area contributed by atoms with Crippen LogP contribution in [0.5, 0.6) is 5.75 Å². The summed E-state index contributed by atoms with van der Waals surface area (Å²) >= 11 is 3.39. The van der Waals surface area contributed by atoms with Crippen LogP contribution in [-0.4, -0.2) is 19.7 Å². The second kappa shape index (κ2) is 4.33. The van der Waals surface area contributed by atoms with Gasteiger partial charge in [-0.1, -0.05) is 0 Å². The number of ether oxygens (including phenoxy) is 2. The van der Waals surface area contributed by atoms with E-state index in [0.717, 1.165) is 27.8 Å². The number of benzene rings is 1. The molecule has 0 fully saturated rings. The van der Waals surface area contributed by atoms with E-state index >= 15 is 0 Å². The molecule has 0 unspecified atom stereocenters. The zero-order chi connectivity index (χ0) is 10.8. The summed E-state index contributed by atoms with van der Waals surface area (Å²) in [4.78, 5) is 11.5. The molecule has 1 aromatic rings. The molecule has 0 heterocycles. The van der Waals surface area contributed by atoms with E-state index in [1.54, 1.807) is 13.2 Å². The molecule has 15 heavy (non-hydrogen) atoms. The highest BCUT2D eigenvalue weighted by Gasteiger charge is 2.23. The van der Waals surface area contributed by atoms with Gasteiger partial charge >= 0.3 is 0 Å². The van der Waals surface area contributed by atoms with Crippen LogP contribution in [0.15, 0.2) is 16.6 Å². The molecule has 0 aromatic heterocycles. The molecule has 1 aliphatic rings. The average molecular weight is 271 g/mol. The highest BCUT2D eigenvalue weighted by atomic mass is 79.9. The molecule has 2 rings (SSSR count). The fraction of sp³-hybridized carbons (Fsp3) is 0.364. The monoisotopic (exact) mass is 270 g/mol. The predicted molar refractivity (Wildman–Crippen MR) is 59.3 cm³/mol. The van der Waals surface area contributed by atoms with Gasteiger partial charge in [0.05, 0.1) is 0 Å². The molecule has 4 heteroatoms. The minimum Gasteiger partial charge on any atom is -0.468 e. The summed E-state index contributed by atoms with van der Waals surface area (Å²) < 4.78 is 11.0. The summed E-state index contributed by atoms with van der Waals surface area (Å²) in [5.41, 5.74) is 1.86. The molecule has 0 bridgehead atoms. The molecule has 1 aromatic carbocycles. The van der Waals surface area contributed by atoms with Gasteiger partial charge in [-0.2, -0.15) is 0 Å². The van der Waals surface area contributed by atoms with Crippen molar-refractivity contribution in [2.75, 3.05) is 13.9 Å². The summed E-state index contributed by atoms with van der Waals surface area (Å²) in [6.07, 6.45) is 1.40. The molecule has 0 saturated carbocycles. The minimum atomic E-state index is 0.204. The Bertz CT molecular complexity index is 401. The van der Waals surface area contributed by atoms with Crippen molar-refractivity contribution in [2.24, 2.45) is 0 Å². The molecular formula is C11H11BrO3. The van der Waals surface area contributed by atoms with Crippen LogP contribution < -0.4 is 4.74 Å².